The Balaban J connectivity index is 1.64. The number of aromatic nitrogens is 2. The average Bonchev–Trinajstić information content (AvgIpc) is 2.81. The van der Waals surface area contributed by atoms with E-state index in [0.29, 0.717) is 0 Å². The van der Waals surface area contributed by atoms with Gasteiger partial charge in [-0.3, -0.25) is 0 Å². The summed E-state index contributed by atoms with van der Waals surface area (Å²) >= 11 is 0. The van der Waals surface area contributed by atoms with Gasteiger partial charge in [0.2, 0.25) is 0 Å². The second kappa shape index (κ2) is 7.83. The highest BCUT2D eigenvalue weighted by Gasteiger charge is 2.22. The fourth-order valence-corrected chi connectivity index (χ4v) is 4.44. The molecule has 0 aliphatic carbocycles. The summed E-state index contributed by atoms with van der Waals surface area (Å²) < 4.78 is 2.18. The molecule has 0 amide bonds. The molecule has 1 aromatic carbocycles. The zero-order valence-electron chi connectivity index (χ0n) is 16.4. The van der Waals surface area contributed by atoms with E-state index in [1.54, 1.807) is 0 Å². The molecule has 3 heterocycles. The molecule has 2 aromatic rings. The number of anilines is 1. The number of hydrogen-bond donors (Lipinski definition) is 1. The Bertz CT molecular complexity index is 756. The number of aryl methyl sites for hydroxylation is 2. The minimum Gasteiger partial charge on any atom is -0.370 e. The van der Waals surface area contributed by atoms with Crippen LogP contribution >= 0.6 is 0 Å². The summed E-state index contributed by atoms with van der Waals surface area (Å²) in [6, 6.07) is 6.67. The number of likely N-dealkylation sites (tertiary alicyclic amines) is 1. The highest BCUT2D eigenvalue weighted by Crippen LogP contribution is 2.30. The summed E-state index contributed by atoms with van der Waals surface area (Å²) in [5, 5.41) is 8.79. The Labute approximate surface area is 157 Å². The maximum Gasteiger partial charge on any atom is 0.133 e. The first-order valence-electron chi connectivity index (χ1n) is 10.4. The molecule has 1 saturated heterocycles. The third kappa shape index (κ3) is 3.66. The van der Waals surface area contributed by atoms with Gasteiger partial charge in [0.15, 0.2) is 0 Å². The van der Waals surface area contributed by atoms with Gasteiger partial charge in [-0.25, -0.2) is 4.68 Å². The number of nitrogens with zero attached hydrogens (tertiary/aromatic N) is 3. The van der Waals surface area contributed by atoms with Gasteiger partial charge in [-0.2, -0.15) is 5.10 Å². The predicted molar refractivity (Wildman–Crippen MR) is 108 cm³/mol. The second-order valence-electron chi connectivity index (χ2n) is 8.01. The summed E-state index contributed by atoms with van der Waals surface area (Å²) in [6.07, 6.45) is 8.84. The van der Waals surface area contributed by atoms with Crippen LogP contribution in [-0.4, -0.2) is 40.9 Å². The smallest absolute Gasteiger partial charge is 0.133 e. The lowest BCUT2D eigenvalue weighted by molar-refractivity contribution is 0.230. The molecule has 4 rings (SSSR count). The summed E-state index contributed by atoms with van der Waals surface area (Å²) in [5.41, 5.74) is 6.58. The third-order valence-electron chi connectivity index (χ3n) is 5.91. The molecule has 4 nitrogen and oxygen atoms in total. The molecular weight excluding hydrogens is 320 g/mol. The largest absolute Gasteiger partial charge is 0.370 e. The van der Waals surface area contributed by atoms with Gasteiger partial charge in [0, 0.05) is 25.1 Å². The molecule has 0 unspecified atom stereocenters. The molecule has 26 heavy (non-hydrogen) atoms. The molecule has 1 fully saturated rings. The van der Waals surface area contributed by atoms with Crippen molar-refractivity contribution in [3.8, 4) is 5.69 Å². The highest BCUT2D eigenvalue weighted by atomic mass is 15.3. The van der Waals surface area contributed by atoms with E-state index in [9.17, 15) is 0 Å². The molecule has 2 aliphatic heterocycles. The number of rotatable bonds is 4. The van der Waals surface area contributed by atoms with Crippen LogP contribution in [0.15, 0.2) is 18.2 Å². The van der Waals surface area contributed by atoms with Gasteiger partial charge in [0.1, 0.15) is 5.82 Å². The molecule has 0 atom stereocenters. The van der Waals surface area contributed by atoms with Crippen molar-refractivity contribution in [2.24, 2.45) is 0 Å². The Morgan fingerprint density at radius 1 is 1.04 bits per heavy atom. The van der Waals surface area contributed by atoms with Crippen molar-refractivity contribution in [2.75, 3.05) is 31.5 Å². The third-order valence-corrected chi connectivity index (χ3v) is 5.91. The molecule has 2 aliphatic rings. The monoisotopic (exact) mass is 352 g/mol. The molecule has 1 aromatic heterocycles. The lowest BCUT2D eigenvalue weighted by Crippen LogP contribution is -2.31. The topological polar surface area (TPSA) is 33.1 Å². The average molecular weight is 353 g/mol. The molecule has 4 heteroatoms. The fourth-order valence-electron chi connectivity index (χ4n) is 4.44. The van der Waals surface area contributed by atoms with E-state index >= 15 is 0 Å². The molecule has 0 saturated carbocycles. The SMILES string of the molecule is Cc1ccc(-n2nc(CCN3CCCCC3)c3c2NCCCC3)c(C)c1. The maximum atomic E-state index is 5.11. The van der Waals surface area contributed by atoms with E-state index in [1.165, 1.54) is 79.1 Å². The number of fused-ring (bicyclic) bond motifs is 1. The minimum absolute atomic E-state index is 1.05. The lowest BCUT2D eigenvalue weighted by Gasteiger charge is -2.26. The van der Waals surface area contributed by atoms with E-state index in [2.05, 4.69) is 46.9 Å². The van der Waals surface area contributed by atoms with Crippen LogP contribution in [-0.2, 0) is 12.8 Å². The Morgan fingerprint density at radius 3 is 2.69 bits per heavy atom. The zero-order valence-corrected chi connectivity index (χ0v) is 16.4. The number of benzene rings is 1. The number of piperidine rings is 1. The van der Waals surface area contributed by atoms with Crippen molar-refractivity contribution in [3.63, 3.8) is 0 Å². The Hall–Kier alpha value is -1.81. The number of hydrogen-bond acceptors (Lipinski definition) is 3. The van der Waals surface area contributed by atoms with Gasteiger partial charge >= 0.3 is 0 Å². The van der Waals surface area contributed by atoms with E-state index in [-0.39, 0.29) is 0 Å². The van der Waals surface area contributed by atoms with Crippen molar-refractivity contribution in [1.82, 2.24) is 14.7 Å². The zero-order chi connectivity index (χ0) is 17.9. The van der Waals surface area contributed by atoms with Crippen LogP contribution in [0.1, 0.15) is 54.5 Å². The van der Waals surface area contributed by atoms with Crippen molar-refractivity contribution >= 4 is 5.82 Å². The fraction of sp³-hybridized carbons (Fsp3) is 0.591. The van der Waals surface area contributed by atoms with Crippen LogP contribution in [0, 0.1) is 13.8 Å². The quantitative estimate of drug-likeness (QED) is 0.892. The summed E-state index contributed by atoms with van der Waals surface area (Å²) in [6.45, 7) is 9.07. The van der Waals surface area contributed by atoms with Gasteiger partial charge in [-0.1, -0.05) is 24.1 Å². The van der Waals surface area contributed by atoms with Gasteiger partial charge in [-0.05, 0) is 70.7 Å². The minimum atomic E-state index is 1.05. The van der Waals surface area contributed by atoms with E-state index < -0.39 is 0 Å². The van der Waals surface area contributed by atoms with Gasteiger partial charge in [-0.15, -0.1) is 0 Å². The van der Waals surface area contributed by atoms with Gasteiger partial charge < -0.3 is 10.2 Å². The molecular formula is C22H32N4. The van der Waals surface area contributed by atoms with Gasteiger partial charge in [0.25, 0.3) is 0 Å². The van der Waals surface area contributed by atoms with Gasteiger partial charge in [0.05, 0.1) is 11.4 Å². The van der Waals surface area contributed by atoms with Crippen molar-refractivity contribution in [3.05, 3.63) is 40.6 Å². The predicted octanol–water partition coefficient (Wildman–Crippen LogP) is 4.27. The first kappa shape index (κ1) is 17.6. The molecule has 0 spiro atoms. The van der Waals surface area contributed by atoms with Crippen LogP contribution in [0.25, 0.3) is 5.69 Å². The number of nitrogens with one attached hydrogen (secondary N) is 1. The van der Waals surface area contributed by atoms with E-state index in [4.69, 9.17) is 5.10 Å². The first-order valence-corrected chi connectivity index (χ1v) is 10.4. The van der Waals surface area contributed by atoms with E-state index in [1.807, 2.05) is 0 Å². The lowest BCUT2D eigenvalue weighted by atomic mass is 10.1. The van der Waals surface area contributed by atoms with Crippen LogP contribution in [0.4, 0.5) is 5.82 Å². The molecule has 0 radical (unpaired) electrons. The van der Waals surface area contributed by atoms with Crippen LogP contribution in [0.3, 0.4) is 0 Å². The molecule has 140 valence electrons. The summed E-state index contributed by atoms with van der Waals surface area (Å²) in [7, 11) is 0. The van der Waals surface area contributed by atoms with Crippen molar-refractivity contribution in [1.29, 1.82) is 0 Å². The van der Waals surface area contributed by atoms with Crippen molar-refractivity contribution < 1.29 is 0 Å². The van der Waals surface area contributed by atoms with Crippen molar-refractivity contribution in [2.45, 2.75) is 58.8 Å². The molecule has 1 N–H and O–H groups in total. The Kier molecular flexibility index (Phi) is 5.30. The summed E-state index contributed by atoms with van der Waals surface area (Å²) in [5.74, 6) is 1.24. The maximum absolute atomic E-state index is 5.11. The van der Waals surface area contributed by atoms with Crippen LogP contribution in [0.2, 0.25) is 0 Å². The molecule has 0 bridgehead atoms. The normalized spacial score (nSPS) is 18.2. The van der Waals surface area contributed by atoms with E-state index in [0.717, 1.165) is 25.9 Å². The first-order chi connectivity index (χ1) is 12.7. The standard InChI is InChI=1S/C22H32N4/c1-17-9-10-21(18(2)16-17)26-22-19(8-4-5-12-23-22)20(24-26)11-15-25-13-6-3-7-14-25/h9-10,16,23H,3-8,11-15H2,1-2H3. The van der Waals surface area contributed by atoms with Crippen LogP contribution < -0.4 is 5.32 Å². The Morgan fingerprint density at radius 2 is 1.88 bits per heavy atom. The highest BCUT2D eigenvalue weighted by molar-refractivity contribution is 5.56. The van der Waals surface area contributed by atoms with Crippen LogP contribution in [0.5, 0.6) is 0 Å². The summed E-state index contributed by atoms with van der Waals surface area (Å²) in [4.78, 5) is 2.62. The second-order valence-corrected chi connectivity index (χ2v) is 8.01.